The molecule has 2 rings (SSSR count). The quantitative estimate of drug-likeness (QED) is 0.472. The second-order valence-electron chi connectivity index (χ2n) is 4.73. The predicted molar refractivity (Wildman–Crippen MR) is 88.2 cm³/mol. The van der Waals surface area contributed by atoms with Crippen molar-refractivity contribution in [1.29, 1.82) is 0 Å². The van der Waals surface area contributed by atoms with Crippen molar-refractivity contribution in [3.05, 3.63) is 58.1 Å². The first-order chi connectivity index (χ1) is 11.8. The third-order valence-electron chi connectivity index (χ3n) is 3.23. The molecule has 0 radical (unpaired) electrons. The number of ether oxygens (including phenoxy) is 2. The predicted octanol–water partition coefficient (Wildman–Crippen LogP) is 2.19. The minimum absolute atomic E-state index is 0.0919. The number of hydrogen-bond acceptors (Lipinski definition) is 7. The molecule has 0 amide bonds. The number of hydrogen-bond donors (Lipinski definition) is 1. The molecular formula is C15H14N2O7S. The van der Waals surface area contributed by atoms with E-state index in [0.29, 0.717) is 5.75 Å². The molecule has 25 heavy (non-hydrogen) atoms. The van der Waals surface area contributed by atoms with Gasteiger partial charge in [-0.05, 0) is 24.3 Å². The van der Waals surface area contributed by atoms with Gasteiger partial charge in [-0.2, -0.15) is 0 Å². The summed E-state index contributed by atoms with van der Waals surface area (Å²) >= 11 is 0. The molecular weight excluding hydrogens is 352 g/mol. The monoisotopic (exact) mass is 366 g/mol. The first kappa shape index (κ1) is 18.2. The third-order valence-corrected chi connectivity index (χ3v) is 4.64. The van der Waals surface area contributed by atoms with Crippen molar-refractivity contribution in [2.45, 2.75) is 4.90 Å². The zero-order valence-electron chi connectivity index (χ0n) is 13.3. The summed E-state index contributed by atoms with van der Waals surface area (Å²) in [5.41, 5.74) is -0.766. The summed E-state index contributed by atoms with van der Waals surface area (Å²) in [4.78, 5) is 21.6. The van der Waals surface area contributed by atoms with Crippen LogP contribution in [0.25, 0.3) is 0 Å². The maximum Gasteiger partial charge on any atom is 0.340 e. The largest absolute Gasteiger partial charge is 0.497 e. The van der Waals surface area contributed by atoms with Gasteiger partial charge in [0, 0.05) is 6.07 Å². The smallest absolute Gasteiger partial charge is 0.340 e. The molecule has 0 atom stereocenters. The van der Waals surface area contributed by atoms with E-state index in [0.717, 1.165) is 19.2 Å². The van der Waals surface area contributed by atoms with Gasteiger partial charge in [0.15, 0.2) is 4.90 Å². The van der Waals surface area contributed by atoms with Crippen LogP contribution in [-0.4, -0.2) is 33.5 Å². The first-order valence-electron chi connectivity index (χ1n) is 6.82. The van der Waals surface area contributed by atoms with Crippen LogP contribution in [0.15, 0.2) is 47.4 Å². The second-order valence-corrected chi connectivity index (χ2v) is 6.38. The van der Waals surface area contributed by atoms with Crippen LogP contribution in [0.2, 0.25) is 0 Å². The molecule has 0 aliphatic rings. The van der Waals surface area contributed by atoms with Crippen LogP contribution in [-0.2, 0) is 14.8 Å². The molecule has 132 valence electrons. The summed E-state index contributed by atoms with van der Waals surface area (Å²) in [6.45, 7) is 0. The molecule has 0 saturated heterocycles. The molecule has 1 N–H and O–H groups in total. The number of para-hydroxylation sites is 1. The maximum atomic E-state index is 12.5. The molecule has 10 heteroatoms. The number of carbonyl (C=O) groups excluding carboxylic acids is 1. The first-order valence-corrected chi connectivity index (χ1v) is 8.31. The van der Waals surface area contributed by atoms with Gasteiger partial charge in [0.05, 0.1) is 30.4 Å². The number of carbonyl (C=O) groups is 1. The van der Waals surface area contributed by atoms with E-state index in [9.17, 15) is 23.3 Å². The Balaban J connectivity index is 2.52. The standard InChI is InChI=1S/C15H14N2O7S/c1-23-10-7-8-12(11(9-10)15(18)24-2)16-25(21,22)14-6-4-3-5-13(14)17(19)20/h3-9,16H,1-2H3. The van der Waals surface area contributed by atoms with Crippen molar-refractivity contribution >= 4 is 27.4 Å². The summed E-state index contributed by atoms with van der Waals surface area (Å²) < 4.78 is 36.9. The van der Waals surface area contributed by atoms with Crippen molar-refractivity contribution in [3.63, 3.8) is 0 Å². The lowest BCUT2D eigenvalue weighted by molar-refractivity contribution is -0.387. The Labute approximate surface area is 143 Å². The van der Waals surface area contributed by atoms with Gasteiger partial charge >= 0.3 is 5.97 Å². The summed E-state index contributed by atoms with van der Waals surface area (Å²) in [5.74, 6) is -0.479. The summed E-state index contributed by atoms with van der Waals surface area (Å²) in [7, 11) is -1.79. The number of sulfonamides is 1. The number of nitro benzene ring substituents is 1. The fourth-order valence-corrected chi connectivity index (χ4v) is 3.31. The molecule has 0 saturated carbocycles. The maximum absolute atomic E-state index is 12.5. The lowest BCUT2D eigenvalue weighted by Gasteiger charge is -2.13. The zero-order chi connectivity index (χ0) is 18.6. The van der Waals surface area contributed by atoms with Gasteiger partial charge in [0.2, 0.25) is 0 Å². The normalized spacial score (nSPS) is 10.8. The molecule has 0 aliphatic carbocycles. The number of nitro groups is 1. The van der Waals surface area contributed by atoms with Gasteiger partial charge in [0.1, 0.15) is 5.75 Å². The highest BCUT2D eigenvalue weighted by molar-refractivity contribution is 7.92. The highest BCUT2D eigenvalue weighted by Gasteiger charge is 2.27. The van der Waals surface area contributed by atoms with Crippen molar-refractivity contribution in [3.8, 4) is 5.75 Å². The molecule has 0 spiro atoms. The van der Waals surface area contributed by atoms with Crippen LogP contribution in [0, 0.1) is 10.1 Å². The van der Waals surface area contributed by atoms with Crippen molar-refractivity contribution < 1.29 is 27.6 Å². The van der Waals surface area contributed by atoms with E-state index in [4.69, 9.17) is 4.74 Å². The Kier molecular flexibility index (Phi) is 5.22. The van der Waals surface area contributed by atoms with E-state index in [1.54, 1.807) is 0 Å². The van der Waals surface area contributed by atoms with E-state index >= 15 is 0 Å². The molecule has 0 bridgehead atoms. The van der Waals surface area contributed by atoms with Crippen LogP contribution >= 0.6 is 0 Å². The van der Waals surface area contributed by atoms with Crippen LogP contribution in [0.4, 0.5) is 11.4 Å². The Hall–Kier alpha value is -3.14. The van der Waals surface area contributed by atoms with Crippen molar-refractivity contribution in [1.82, 2.24) is 0 Å². The van der Waals surface area contributed by atoms with E-state index < -0.39 is 31.5 Å². The summed E-state index contributed by atoms with van der Waals surface area (Å²) in [6, 6.07) is 8.91. The average Bonchev–Trinajstić information content (AvgIpc) is 2.61. The highest BCUT2D eigenvalue weighted by Crippen LogP contribution is 2.28. The lowest BCUT2D eigenvalue weighted by Crippen LogP contribution is -2.17. The van der Waals surface area contributed by atoms with E-state index in [-0.39, 0.29) is 11.3 Å². The Morgan fingerprint density at radius 3 is 2.44 bits per heavy atom. The summed E-state index contributed by atoms with van der Waals surface area (Å²) in [6.07, 6.45) is 0. The van der Waals surface area contributed by atoms with Gasteiger partial charge in [-0.1, -0.05) is 12.1 Å². The van der Waals surface area contributed by atoms with Crippen LogP contribution in [0.1, 0.15) is 10.4 Å². The van der Waals surface area contributed by atoms with Crippen LogP contribution < -0.4 is 9.46 Å². The number of esters is 1. The number of rotatable bonds is 6. The topological polar surface area (TPSA) is 125 Å². The fraction of sp³-hybridized carbons (Fsp3) is 0.133. The van der Waals surface area contributed by atoms with E-state index in [2.05, 4.69) is 9.46 Å². The molecule has 0 aromatic heterocycles. The molecule has 0 heterocycles. The number of benzene rings is 2. The minimum Gasteiger partial charge on any atom is -0.497 e. The van der Waals surface area contributed by atoms with Gasteiger partial charge in [0.25, 0.3) is 15.7 Å². The average molecular weight is 366 g/mol. The molecule has 2 aromatic carbocycles. The Morgan fingerprint density at radius 1 is 1.16 bits per heavy atom. The fourth-order valence-electron chi connectivity index (χ4n) is 2.05. The number of nitrogens with one attached hydrogen (secondary N) is 1. The van der Waals surface area contributed by atoms with E-state index in [1.807, 2.05) is 0 Å². The number of anilines is 1. The Morgan fingerprint density at radius 2 is 1.84 bits per heavy atom. The van der Waals surface area contributed by atoms with Crippen LogP contribution in [0.5, 0.6) is 5.75 Å². The zero-order valence-corrected chi connectivity index (χ0v) is 14.1. The van der Waals surface area contributed by atoms with Gasteiger partial charge < -0.3 is 9.47 Å². The number of methoxy groups -OCH3 is 2. The summed E-state index contributed by atoms with van der Waals surface area (Å²) in [5, 5.41) is 11.0. The minimum atomic E-state index is -4.31. The molecule has 2 aromatic rings. The third kappa shape index (κ3) is 3.86. The molecule has 0 fully saturated rings. The van der Waals surface area contributed by atoms with Crippen molar-refractivity contribution in [2.24, 2.45) is 0 Å². The van der Waals surface area contributed by atoms with Gasteiger partial charge in [-0.15, -0.1) is 0 Å². The van der Waals surface area contributed by atoms with Gasteiger partial charge in [-0.25, -0.2) is 13.2 Å². The van der Waals surface area contributed by atoms with E-state index in [1.165, 1.54) is 37.4 Å². The molecule has 0 aliphatic heterocycles. The highest BCUT2D eigenvalue weighted by atomic mass is 32.2. The number of nitrogens with zero attached hydrogens (tertiary/aromatic N) is 1. The van der Waals surface area contributed by atoms with Gasteiger partial charge in [-0.3, -0.25) is 14.8 Å². The lowest BCUT2D eigenvalue weighted by atomic mass is 10.2. The molecule has 0 unspecified atom stereocenters. The Bertz CT molecular complexity index is 925. The second kappa shape index (κ2) is 7.18. The van der Waals surface area contributed by atoms with Crippen molar-refractivity contribution in [2.75, 3.05) is 18.9 Å². The van der Waals surface area contributed by atoms with Crippen LogP contribution in [0.3, 0.4) is 0 Å². The molecule has 9 nitrogen and oxygen atoms in total. The SMILES string of the molecule is COC(=O)c1cc(OC)ccc1NS(=O)(=O)c1ccccc1[N+](=O)[O-].